The fourth-order valence-corrected chi connectivity index (χ4v) is 14.4. The van der Waals surface area contributed by atoms with Gasteiger partial charge in [0, 0.05) is 69.8 Å². The first-order valence-corrected chi connectivity index (χ1v) is 23.0. The van der Waals surface area contributed by atoms with Gasteiger partial charge < -0.3 is 13.6 Å². The van der Waals surface area contributed by atoms with Crippen molar-refractivity contribution < 1.29 is 13.6 Å². The molecule has 0 amide bonds. The number of hydrogen-bond donors (Lipinski definition) is 0. The largest absolute Gasteiger partial charge is 0.489 e. The summed E-state index contributed by atoms with van der Waals surface area (Å²) in [5.74, 6) is 1.62. The second-order valence-corrected chi connectivity index (χ2v) is 19.5. The van der Waals surface area contributed by atoms with E-state index in [0.717, 1.165) is 56.1 Å². The predicted molar refractivity (Wildman–Crippen MR) is 252 cm³/mol. The summed E-state index contributed by atoms with van der Waals surface area (Å²) in [5, 5.41) is 7.54. The standard InChI is InChI=1S/C56H34O3S2/c1-5-19-45-29(11-1)41-23-43-39(25-47(41)57-45)37(35-17-9-15-33-31-13-3-7-21-51(31)60-55(33)35)27-49-53(43)54-44-24-42-30-12-2-6-20-46(30)58-48(42)26-40(44)38(28-50(54)59-49)36-18-10-16-34-32-14-4-8-22-52(32)61-56(34)36/h1-27,36,38,49,53,56H,28H2. The molecule has 0 N–H and O–H groups in total. The highest BCUT2D eigenvalue weighted by atomic mass is 32.2. The van der Waals surface area contributed by atoms with Crippen molar-refractivity contribution in [3.63, 3.8) is 0 Å². The molecular weight excluding hydrogens is 785 g/mol. The normalized spacial score (nSPS) is 22.3. The Morgan fingerprint density at radius 3 is 2.15 bits per heavy atom. The van der Waals surface area contributed by atoms with Gasteiger partial charge in [0.25, 0.3) is 0 Å². The van der Waals surface area contributed by atoms with Gasteiger partial charge in [0.1, 0.15) is 34.2 Å². The van der Waals surface area contributed by atoms with Gasteiger partial charge in [-0.05, 0) is 105 Å². The number of para-hydroxylation sites is 2. The van der Waals surface area contributed by atoms with E-state index in [4.69, 9.17) is 13.6 Å². The molecule has 5 unspecified atom stereocenters. The average molecular weight is 819 g/mol. The number of ether oxygens (including phenoxy) is 1. The second-order valence-electron chi connectivity index (χ2n) is 17.3. The van der Waals surface area contributed by atoms with Gasteiger partial charge in [0.2, 0.25) is 0 Å². The fourth-order valence-electron chi connectivity index (χ4n) is 11.6. The zero-order valence-electron chi connectivity index (χ0n) is 32.7. The Morgan fingerprint density at radius 2 is 1.28 bits per heavy atom. The van der Waals surface area contributed by atoms with E-state index in [9.17, 15) is 0 Å². The molecule has 288 valence electrons. The van der Waals surface area contributed by atoms with E-state index in [0.29, 0.717) is 5.25 Å². The van der Waals surface area contributed by atoms with Crippen LogP contribution in [0.5, 0.6) is 0 Å². The molecule has 5 heterocycles. The van der Waals surface area contributed by atoms with Crippen LogP contribution in [-0.4, -0.2) is 11.4 Å². The number of furan rings is 2. The Hall–Kier alpha value is -6.53. The molecule has 0 fully saturated rings. The number of benzene rings is 7. The van der Waals surface area contributed by atoms with Gasteiger partial charge >= 0.3 is 0 Å². The van der Waals surface area contributed by atoms with Crippen molar-refractivity contribution in [2.24, 2.45) is 5.92 Å². The number of thioether (sulfide) groups is 1. The van der Waals surface area contributed by atoms with Gasteiger partial charge in [-0.3, -0.25) is 0 Å². The van der Waals surface area contributed by atoms with Gasteiger partial charge in [-0.2, -0.15) is 0 Å². The van der Waals surface area contributed by atoms with Crippen molar-refractivity contribution in [1.29, 1.82) is 0 Å². The zero-order chi connectivity index (χ0) is 39.5. The molecule has 10 aromatic rings. The van der Waals surface area contributed by atoms with Gasteiger partial charge in [0.15, 0.2) is 0 Å². The quantitative estimate of drug-likeness (QED) is 0.174. The van der Waals surface area contributed by atoms with E-state index < -0.39 is 0 Å². The molecule has 5 aliphatic rings. The van der Waals surface area contributed by atoms with Crippen molar-refractivity contribution >= 4 is 104 Å². The first-order valence-electron chi connectivity index (χ1n) is 21.3. The summed E-state index contributed by atoms with van der Waals surface area (Å²) in [7, 11) is 0. The number of thiophene rings is 1. The highest BCUT2D eigenvalue weighted by Crippen LogP contribution is 2.61. The van der Waals surface area contributed by atoms with Crippen molar-refractivity contribution in [2.45, 2.75) is 34.5 Å². The van der Waals surface area contributed by atoms with Crippen molar-refractivity contribution in [1.82, 2.24) is 0 Å². The minimum atomic E-state index is -0.168. The number of rotatable bonds is 2. The van der Waals surface area contributed by atoms with E-state index >= 15 is 0 Å². The maximum atomic E-state index is 7.48. The summed E-state index contributed by atoms with van der Waals surface area (Å²) in [6.07, 6.45) is 10.2. The summed E-state index contributed by atoms with van der Waals surface area (Å²) >= 11 is 3.91. The summed E-state index contributed by atoms with van der Waals surface area (Å²) in [4.78, 5) is 1.38. The molecule has 0 spiro atoms. The third kappa shape index (κ3) is 4.50. The highest BCUT2D eigenvalue weighted by Gasteiger charge is 2.49. The second kappa shape index (κ2) is 12.1. The van der Waals surface area contributed by atoms with E-state index in [1.807, 2.05) is 23.1 Å². The van der Waals surface area contributed by atoms with Crippen LogP contribution in [0, 0.1) is 5.92 Å². The van der Waals surface area contributed by atoms with E-state index in [2.05, 4.69) is 164 Å². The van der Waals surface area contributed by atoms with Crippen LogP contribution >= 0.6 is 23.1 Å². The van der Waals surface area contributed by atoms with Crippen LogP contribution in [0.15, 0.2) is 183 Å². The Labute approximate surface area is 358 Å². The highest BCUT2D eigenvalue weighted by molar-refractivity contribution is 8.01. The molecule has 0 saturated carbocycles. The Bertz CT molecular complexity index is 3730. The molecule has 5 heteroatoms. The third-order valence-electron chi connectivity index (χ3n) is 14.2. The van der Waals surface area contributed by atoms with E-state index in [1.165, 1.54) is 75.2 Å². The smallest absolute Gasteiger partial charge is 0.136 e. The van der Waals surface area contributed by atoms with Gasteiger partial charge in [0.05, 0.1) is 5.92 Å². The summed E-state index contributed by atoms with van der Waals surface area (Å²) in [6, 6.07) is 51.1. The molecule has 0 radical (unpaired) electrons. The molecule has 5 atom stereocenters. The lowest BCUT2D eigenvalue weighted by atomic mass is 9.67. The Balaban J connectivity index is 0.968. The summed E-state index contributed by atoms with van der Waals surface area (Å²) in [5.41, 5.74) is 15.5. The van der Waals surface area contributed by atoms with Crippen LogP contribution in [0.4, 0.5) is 0 Å². The van der Waals surface area contributed by atoms with Gasteiger partial charge in [-0.25, -0.2) is 0 Å². The van der Waals surface area contributed by atoms with E-state index in [1.54, 1.807) is 0 Å². The van der Waals surface area contributed by atoms with Gasteiger partial charge in [-0.15, -0.1) is 23.1 Å². The predicted octanol–water partition coefficient (Wildman–Crippen LogP) is 15.4. The van der Waals surface area contributed by atoms with Crippen LogP contribution < -0.4 is 0 Å². The van der Waals surface area contributed by atoms with Crippen molar-refractivity contribution in [2.75, 3.05) is 0 Å². The number of fused-ring (bicyclic) bond motifs is 18. The van der Waals surface area contributed by atoms with Crippen molar-refractivity contribution in [3.05, 3.63) is 203 Å². The first-order chi connectivity index (χ1) is 30.2. The van der Waals surface area contributed by atoms with Crippen LogP contribution in [0.25, 0.3) is 80.8 Å². The third-order valence-corrected chi connectivity index (χ3v) is 16.9. The lowest BCUT2D eigenvalue weighted by Crippen LogP contribution is -2.27. The molecule has 61 heavy (non-hydrogen) atoms. The van der Waals surface area contributed by atoms with Gasteiger partial charge in [-0.1, -0.05) is 109 Å². The number of hydrogen-bond acceptors (Lipinski definition) is 5. The van der Waals surface area contributed by atoms with Crippen LogP contribution in [0.3, 0.4) is 0 Å². The maximum absolute atomic E-state index is 7.48. The molecule has 3 nitrogen and oxygen atoms in total. The summed E-state index contributed by atoms with van der Waals surface area (Å²) < 4.78 is 23.4. The van der Waals surface area contributed by atoms with Crippen molar-refractivity contribution in [3.8, 4) is 0 Å². The first kappa shape index (κ1) is 33.2. The minimum Gasteiger partial charge on any atom is -0.489 e. The Kier molecular flexibility index (Phi) is 6.57. The van der Waals surface area contributed by atoms with Crippen LogP contribution in [0.2, 0.25) is 0 Å². The summed E-state index contributed by atoms with van der Waals surface area (Å²) in [6.45, 7) is 0. The van der Waals surface area contributed by atoms with E-state index in [-0.39, 0.29) is 23.9 Å². The lowest BCUT2D eigenvalue weighted by Gasteiger charge is -2.36. The fraction of sp³-hybridized carbons (Fsp3) is 0.107. The lowest BCUT2D eigenvalue weighted by molar-refractivity contribution is 0.158. The Morgan fingerprint density at radius 1 is 0.557 bits per heavy atom. The maximum Gasteiger partial charge on any atom is 0.136 e. The van der Waals surface area contributed by atoms with Crippen LogP contribution in [-0.2, 0) is 4.74 Å². The molecular formula is C56H34O3S2. The molecule has 15 rings (SSSR count). The topological polar surface area (TPSA) is 35.5 Å². The average Bonchev–Trinajstić information content (AvgIpc) is 4.12. The number of allylic oxidation sites excluding steroid dienone is 4. The molecule has 2 aliphatic heterocycles. The molecule has 7 aromatic carbocycles. The molecule has 0 bridgehead atoms. The minimum absolute atomic E-state index is 0.00574. The molecule has 0 saturated heterocycles. The monoisotopic (exact) mass is 818 g/mol. The SMILES string of the molecule is C1=CC(C2CC3=C(c4cc5c(cc42)oc2ccccc25)C2c4cc5c(cc4C(c4cccc6c4sc4ccccc46)=CC2O3)oc2ccccc25)C2Sc3ccccc3C2=C1. The molecule has 3 aromatic heterocycles. The van der Waals surface area contributed by atoms with Crippen LogP contribution in [0.1, 0.15) is 51.6 Å². The zero-order valence-corrected chi connectivity index (χ0v) is 34.4. The molecule has 3 aliphatic carbocycles.